The van der Waals surface area contributed by atoms with Crippen molar-refractivity contribution in [3.05, 3.63) is 64.8 Å². The van der Waals surface area contributed by atoms with E-state index in [4.69, 9.17) is 11.6 Å². The molecule has 4 aromatic rings. The SMILES string of the molecule is Cc1cc(NC(=O)c2ccnc(-c3ccc(Cl)cc3)n2)nc2nc(C(F)(F)F)nn12. The van der Waals surface area contributed by atoms with Gasteiger partial charge in [-0.15, -0.1) is 5.10 Å². The van der Waals surface area contributed by atoms with Gasteiger partial charge in [0.15, 0.2) is 5.82 Å². The normalized spacial score (nSPS) is 11.6. The summed E-state index contributed by atoms with van der Waals surface area (Å²) < 4.78 is 39.4. The van der Waals surface area contributed by atoms with E-state index < -0.39 is 17.9 Å². The van der Waals surface area contributed by atoms with Crippen LogP contribution in [0, 0.1) is 6.92 Å². The number of hydrogen-bond acceptors (Lipinski definition) is 6. The van der Waals surface area contributed by atoms with Gasteiger partial charge in [0, 0.05) is 28.5 Å². The molecule has 0 radical (unpaired) electrons. The van der Waals surface area contributed by atoms with Crippen molar-refractivity contribution in [1.82, 2.24) is 29.5 Å². The van der Waals surface area contributed by atoms with E-state index >= 15 is 0 Å². The number of alkyl halides is 3. The van der Waals surface area contributed by atoms with Gasteiger partial charge in [0.05, 0.1) is 0 Å². The smallest absolute Gasteiger partial charge is 0.305 e. The van der Waals surface area contributed by atoms with Crippen molar-refractivity contribution < 1.29 is 18.0 Å². The van der Waals surface area contributed by atoms with Gasteiger partial charge >= 0.3 is 6.18 Å². The summed E-state index contributed by atoms with van der Waals surface area (Å²) >= 11 is 5.87. The van der Waals surface area contributed by atoms with E-state index in [1.807, 2.05) is 0 Å². The molecule has 8 nitrogen and oxygen atoms in total. The molecule has 0 aliphatic rings. The van der Waals surface area contributed by atoms with Gasteiger partial charge in [-0.25, -0.2) is 14.5 Å². The Morgan fingerprint density at radius 3 is 2.53 bits per heavy atom. The molecule has 0 atom stereocenters. The summed E-state index contributed by atoms with van der Waals surface area (Å²) in [4.78, 5) is 28.2. The molecule has 0 aliphatic carbocycles. The standard InChI is InChI=1S/C18H11ClF3N7O/c1-9-8-13(26-17-27-16(18(20,21)22)28-29(9)17)25-15(30)12-6-7-23-14(24-12)10-2-4-11(19)5-3-10/h2-8H,1H3,(H,25,26,27,28,30). The maximum atomic E-state index is 12.8. The first-order valence-corrected chi connectivity index (χ1v) is 8.80. The van der Waals surface area contributed by atoms with E-state index in [2.05, 4.69) is 30.4 Å². The summed E-state index contributed by atoms with van der Waals surface area (Å²) in [5, 5.41) is 6.44. The third kappa shape index (κ3) is 3.92. The first-order valence-electron chi connectivity index (χ1n) is 8.43. The van der Waals surface area contributed by atoms with Crippen LogP contribution < -0.4 is 5.32 Å². The fraction of sp³-hybridized carbons (Fsp3) is 0.111. The Labute approximate surface area is 171 Å². The summed E-state index contributed by atoms with van der Waals surface area (Å²) in [5.41, 5.74) is 1.02. The molecule has 3 heterocycles. The lowest BCUT2D eigenvalue weighted by Crippen LogP contribution is -2.16. The van der Waals surface area contributed by atoms with Crippen molar-refractivity contribution in [3.8, 4) is 11.4 Å². The fourth-order valence-corrected chi connectivity index (χ4v) is 2.73. The van der Waals surface area contributed by atoms with Crippen LogP contribution in [0.15, 0.2) is 42.6 Å². The fourth-order valence-electron chi connectivity index (χ4n) is 2.60. The van der Waals surface area contributed by atoms with Gasteiger partial charge in [-0.1, -0.05) is 11.6 Å². The second-order valence-corrected chi connectivity index (χ2v) is 6.59. The first-order chi connectivity index (χ1) is 14.2. The van der Waals surface area contributed by atoms with Gasteiger partial charge in [0.2, 0.25) is 0 Å². The van der Waals surface area contributed by atoms with E-state index in [0.29, 0.717) is 22.1 Å². The zero-order valence-corrected chi connectivity index (χ0v) is 15.9. The van der Waals surface area contributed by atoms with E-state index in [9.17, 15) is 18.0 Å². The molecule has 0 unspecified atom stereocenters. The number of fused-ring (bicyclic) bond motifs is 1. The molecule has 3 aromatic heterocycles. The maximum Gasteiger partial charge on any atom is 0.453 e. The van der Waals surface area contributed by atoms with E-state index in [-0.39, 0.29) is 17.3 Å². The van der Waals surface area contributed by atoms with Crippen molar-refractivity contribution >= 4 is 29.1 Å². The summed E-state index contributed by atoms with van der Waals surface area (Å²) in [6, 6.07) is 9.54. The molecule has 0 bridgehead atoms. The number of nitrogens with one attached hydrogen (secondary N) is 1. The Hall–Kier alpha value is -3.60. The molecule has 152 valence electrons. The predicted molar refractivity (Wildman–Crippen MR) is 101 cm³/mol. The number of hydrogen-bond donors (Lipinski definition) is 1. The molecular weight excluding hydrogens is 423 g/mol. The Morgan fingerprint density at radius 2 is 1.83 bits per heavy atom. The number of aromatic nitrogens is 6. The number of nitrogens with zero attached hydrogens (tertiary/aromatic N) is 6. The van der Waals surface area contributed by atoms with E-state index in [1.165, 1.54) is 25.3 Å². The molecule has 12 heteroatoms. The average Bonchev–Trinajstić information content (AvgIpc) is 3.14. The Kier molecular flexibility index (Phi) is 4.82. The molecule has 1 amide bonds. The molecule has 1 N–H and O–H groups in total. The van der Waals surface area contributed by atoms with Crippen LogP contribution in [0.1, 0.15) is 22.0 Å². The van der Waals surface area contributed by atoms with Gasteiger partial charge in [0.25, 0.3) is 17.5 Å². The van der Waals surface area contributed by atoms with Crippen LogP contribution in [-0.4, -0.2) is 35.5 Å². The van der Waals surface area contributed by atoms with Gasteiger partial charge in [-0.2, -0.15) is 23.1 Å². The number of halogens is 4. The number of amides is 1. The zero-order valence-electron chi connectivity index (χ0n) is 15.1. The lowest BCUT2D eigenvalue weighted by atomic mass is 10.2. The van der Waals surface area contributed by atoms with Crippen molar-refractivity contribution in [2.45, 2.75) is 13.1 Å². The van der Waals surface area contributed by atoms with Crippen molar-refractivity contribution in [2.24, 2.45) is 0 Å². The molecule has 0 aliphatic heterocycles. The number of anilines is 1. The van der Waals surface area contributed by atoms with Crippen LogP contribution in [0.3, 0.4) is 0 Å². The maximum absolute atomic E-state index is 12.8. The Morgan fingerprint density at radius 1 is 1.10 bits per heavy atom. The average molecular weight is 434 g/mol. The minimum absolute atomic E-state index is 0.0118. The summed E-state index contributed by atoms with van der Waals surface area (Å²) in [6.45, 7) is 1.52. The summed E-state index contributed by atoms with van der Waals surface area (Å²) in [5.74, 6) is -1.89. The van der Waals surface area contributed by atoms with Crippen molar-refractivity contribution in [2.75, 3.05) is 5.32 Å². The molecule has 4 rings (SSSR count). The van der Waals surface area contributed by atoms with Gasteiger partial charge in [0.1, 0.15) is 11.5 Å². The highest BCUT2D eigenvalue weighted by atomic mass is 35.5. The molecule has 0 saturated carbocycles. The van der Waals surface area contributed by atoms with Crippen LogP contribution in [-0.2, 0) is 6.18 Å². The molecule has 30 heavy (non-hydrogen) atoms. The lowest BCUT2D eigenvalue weighted by molar-refractivity contribution is -0.144. The van der Waals surface area contributed by atoms with E-state index in [1.54, 1.807) is 24.3 Å². The van der Waals surface area contributed by atoms with Crippen LogP contribution >= 0.6 is 11.6 Å². The first kappa shape index (κ1) is 19.7. The number of rotatable bonds is 3. The largest absolute Gasteiger partial charge is 0.453 e. The number of aryl methyl sites for hydroxylation is 1. The molecule has 0 spiro atoms. The minimum atomic E-state index is -4.71. The Bertz CT molecular complexity index is 1260. The van der Waals surface area contributed by atoms with E-state index in [0.717, 1.165) is 4.52 Å². The van der Waals surface area contributed by atoms with Gasteiger partial charge in [-0.05, 0) is 37.3 Å². The summed E-state index contributed by atoms with van der Waals surface area (Å²) in [6.07, 6.45) is -3.29. The number of carbonyl (C=O) groups is 1. The highest BCUT2D eigenvalue weighted by Gasteiger charge is 2.36. The Balaban J connectivity index is 1.61. The van der Waals surface area contributed by atoms with Crippen LogP contribution in [0.4, 0.5) is 19.0 Å². The molecule has 0 fully saturated rings. The van der Waals surface area contributed by atoms with Crippen molar-refractivity contribution in [3.63, 3.8) is 0 Å². The number of benzene rings is 1. The predicted octanol–water partition coefficient (Wildman–Crippen LogP) is 3.81. The van der Waals surface area contributed by atoms with Crippen LogP contribution in [0.25, 0.3) is 17.2 Å². The van der Waals surface area contributed by atoms with Crippen LogP contribution in [0.5, 0.6) is 0 Å². The zero-order chi connectivity index (χ0) is 21.5. The van der Waals surface area contributed by atoms with Crippen LogP contribution in [0.2, 0.25) is 5.02 Å². The van der Waals surface area contributed by atoms with Crippen molar-refractivity contribution in [1.29, 1.82) is 0 Å². The lowest BCUT2D eigenvalue weighted by Gasteiger charge is -2.07. The topological polar surface area (TPSA) is 98.0 Å². The summed E-state index contributed by atoms with van der Waals surface area (Å²) in [7, 11) is 0. The minimum Gasteiger partial charge on any atom is -0.305 e. The highest BCUT2D eigenvalue weighted by Crippen LogP contribution is 2.27. The molecule has 1 aromatic carbocycles. The molecule has 0 saturated heterocycles. The second-order valence-electron chi connectivity index (χ2n) is 6.15. The monoisotopic (exact) mass is 433 g/mol. The highest BCUT2D eigenvalue weighted by molar-refractivity contribution is 6.30. The third-order valence-corrected chi connectivity index (χ3v) is 4.23. The molecular formula is C18H11ClF3N7O. The second kappa shape index (κ2) is 7.34. The third-order valence-electron chi connectivity index (χ3n) is 3.98. The van der Waals surface area contributed by atoms with Gasteiger partial charge < -0.3 is 5.32 Å². The number of carbonyl (C=O) groups excluding carboxylic acids is 1. The van der Waals surface area contributed by atoms with Gasteiger partial charge in [-0.3, -0.25) is 4.79 Å². The quantitative estimate of drug-likeness (QED) is 0.527.